The third-order valence-corrected chi connectivity index (χ3v) is 2.05. The molecule has 4 heteroatoms. The molecule has 0 radical (unpaired) electrons. The Morgan fingerprint density at radius 2 is 2.38 bits per heavy atom. The van der Waals surface area contributed by atoms with Crippen molar-refractivity contribution in [1.82, 2.24) is 20.1 Å². The Morgan fingerprint density at radius 1 is 1.62 bits per heavy atom. The minimum Gasteiger partial charge on any atom is -0.313 e. The number of aromatic nitrogens is 3. The topological polar surface area (TPSA) is 42.7 Å². The van der Waals surface area contributed by atoms with Crippen LogP contribution in [0.3, 0.4) is 0 Å². The second-order valence-corrected chi connectivity index (χ2v) is 3.31. The van der Waals surface area contributed by atoms with Crippen molar-refractivity contribution in [2.24, 2.45) is 0 Å². The summed E-state index contributed by atoms with van der Waals surface area (Å²) in [5.74, 6) is 0.866. The van der Waals surface area contributed by atoms with E-state index in [9.17, 15) is 0 Å². The molecule has 0 amide bonds. The van der Waals surface area contributed by atoms with E-state index in [1.807, 2.05) is 18.1 Å². The Bertz CT molecular complexity index is 244. The standard InChI is InChI=1S/C9H18N4/c1-4-5-8(2)13-7-11-9(12-13)6-10-3/h7-8,10H,4-6H2,1-3H3. The lowest BCUT2D eigenvalue weighted by Gasteiger charge is -2.08. The van der Waals surface area contributed by atoms with Gasteiger partial charge in [-0.3, -0.25) is 0 Å². The smallest absolute Gasteiger partial charge is 0.164 e. The Labute approximate surface area is 79.4 Å². The van der Waals surface area contributed by atoms with Gasteiger partial charge in [0.25, 0.3) is 0 Å². The van der Waals surface area contributed by atoms with Gasteiger partial charge in [-0.2, -0.15) is 5.10 Å². The van der Waals surface area contributed by atoms with Gasteiger partial charge in [-0.1, -0.05) is 13.3 Å². The second kappa shape index (κ2) is 4.97. The van der Waals surface area contributed by atoms with Gasteiger partial charge in [0.1, 0.15) is 6.33 Å². The third kappa shape index (κ3) is 2.81. The van der Waals surface area contributed by atoms with Gasteiger partial charge >= 0.3 is 0 Å². The number of nitrogens with zero attached hydrogens (tertiary/aromatic N) is 3. The van der Waals surface area contributed by atoms with E-state index in [1.165, 1.54) is 6.42 Å². The molecule has 0 spiro atoms. The molecular weight excluding hydrogens is 164 g/mol. The van der Waals surface area contributed by atoms with Crippen LogP contribution in [-0.4, -0.2) is 21.8 Å². The van der Waals surface area contributed by atoms with Crippen LogP contribution < -0.4 is 5.32 Å². The fourth-order valence-electron chi connectivity index (χ4n) is 1.31. The normalized spacial score (nSPS) is 13.2. The molecule has 1 atom stereocenters. The van der Waals surface area contributed by atoms with Gasteiger partial charge in [-0.05, 0) is 20.4 Å². The van der Waals surface area contributed by atoms with Crippen molar-refractivity contribution >= 4 is 0 Å². The summed E-state index contributed by atoms with van der Waals surface area (Å²) in [5, 5.41) is 7.39. The lowest BCUT2D eigenvalue weighted by molar-refractivity contribution is 0.450. The number of hydrogen-bond donors (Lipinski definition) is 1. The van der Waals surface area contributed by atoms with Crippen molar-refractivity contribution in [3.05, 3.63) is 12.2 Å². The van der Waals surface area contributed by atoms with E-state index in [2.05, 4.69) is 29.2 Å². The van der Waals surface area contributed by atoms with E-state index < -0.39 is 0 Å². The average molecular weight is 182 g/mol. The van der Waals surface area contributed by atoms with Crippen LogP contribution in [0.1, 0.15) is 38.6 Å². The highest BCUT2D eigenvalue weighted by atomic mass is 15.3. The molecule has 74 valence electrons. The molecule has 1 aromatic heterocycles. The zero-order valence-corrected chi connectivity index (χ0v) is 8.62. The molecular formula is C9H18N4. The van der Waals surface area contributed by atoms with Crippen molar-refractivity contribution in [3.8, 4) is 0 Å². The minimum atomic E-state index is 0.461. The SMILES string of the molecule is CCCC(C)n1cnc(CNC)n1. The van der Waals surface area contributed by atoms with E-state index in [1.54, 1.807) is 0 Å². The van der Waals surface area contributed by atoms with Crippen LogP contribution in [0.15, 0.2) is 6.33 Å². The Balaban J connectivity index is 2.56. The molecule has 0 bridgehead atoms. The average Bonchev–Trinajstić information content (AvgIpc) is 2.54. The van der Waals surface area contributed by atoms with Crippen molar-refractivity contribution in [3.63, 3.8) is 0 Å². The van der Waals surface area contributed by atoms with Crippen molar-refractivity contribution in [1.29, 1.82) is 0 Å². The van der Waals surface area contributed by atoms with Gasteiger partial charge in [0.15, 0.2) is 5.82 Å². The Kier molecular flexibility index (Phi) is 3.89. The fraction of sp³-hybridized carbons (Fsp3) is 0.778. The van der Waals surface area contributed by atoms with Crippen LogP contribution in [0.25, 0.3) is 0 Å². The minimum absolute atomic E-state index is 0.461. The molecule has 4 nitrogen and oxygen atoms in total. The van der Waals surface area contributed by atoms with Crippen LogP contribution in [0.5, 0.6) is 0 Å². The maximum Gasteiger partial charge on any atom is 0.164 e. The van der Waals surface area contributed by atoms with E-state index >= 15 is 0 Å². The highest BCUT2D eigenvalue weighted by molar-refractivity contribution is 4.81. The van der Waals surface area contributed by atoms with E-state index in [4.69, 9.17) is 0 Å². The summed E-state index contributed by atoms with van der Waals surface area (Å²) >= 11 is 0. The van der Waals surface area contributed by atoms with Gasteiger partial charge in [0.2, 0.25) is 0 Å². The van der Waals surface area contributed by atoms with Crippen molar-refractivity contribution in [2.75, 3.05) is 7.05 Å². The fourth-order valence-corrected chi connectivity index (χ4v) is 1.31. The van der Waals surface area contributed by atoms with Crippen LogP contribution in [0.2, 0.25) is 0 Å². The number of nitrogens with one attached hydrogen (secondary N) is 1. The highest BCUT2D eigenvalue weighted by Gasteiger charge is 2.05. The molecule has 0 aliphatic carbocycles. The molecule has 0 saturated carbocycles. The molecule has 1 N–H and O–H groups in total. The maximum absolute atomic E-state index is 4.36. The lowest BCUT2D eigenvalue weighted by Crippen LogP contribution is -2.09. The van der Waals surface area contributed by atoms with Crippen molar-refractivity contribution in [2.45, 2.75) is 39.3 Å². The molecule has 13 heavy (non-hydrogen) atoms. The molecule has 1 aromatic rings. The summed E-state index contributed by atoms with van der Waals surface area (Å²) in [6, 6.07) is 0.461. The summed E-state index contributed by atoms with van der Waals surface area (Å²) in [6.07, 6.45) is 4.15. The van der Waals surface area contributed by atoms with Crippen molar-refractivity contribution < 1.29 is 0 Å². The molecule has 1 rings (SSSR count). The van der Waals surface area contributed by atoms with Gasteiger partial charge in [-0.15, -0.1) is 0 Å². The molecule has 0 aliphatic heterocycles. The number of hydrogen-bond acceptors (Lipinski definition) is 3. The predicted molar refractivity (Wildman–Crippen MR) is 52.4 cm³/mol. The van der Waals surface area contributed by atoms with E-state index in [0.29, 0.717) is 6.04 Å². The zero-order valence-electron chi connectivity index (χ0n) is 8.62. The summed E-state index contributed by atoms with van der Waals surface area (Å²) in [5.41, 5.74) is 0. The quantitative estimate of drug-likeness (QED) is 0.747. The van der Waals surface area contributed by atoms with Gasteiger partial charge in [0, 0.05) is 0 Å². The maximum atomic E-state index is 4.36. The van der Waals surface area contributed by atoms with Crippen LogP contribution in [-0.2, 0) is 6.54 Å². The highest BCUT2D eigenvalue weighted by Crippen LogP contribution is 2.10. The molecule has 1 heterocycles. The second-order valence-electron chi connectivity index (χ2n) is 3.31. The van der Waals surface area contributed by atoms with Gasteiger partial charge < -0.3 is 5.32 Å². The van der Waals surface area contributed by atoms with Crippen LogP contribution in [0.4, 0.5) is 0 Å². The predicted octanol–water partition coefficient (Wildman–Crippen LogP) is 1.36. The van der Waals surface area contributed by atoms with E-state index in [0.717, 1.165) is 18.8 Å². The Morgan fingerprint density at radius 3 is 3.00 bits per heavy atom. The molecule has 0 aromatic carbocycles. The molecule has 0 fully saturated rings. The largest absolute Gasteiger partial charge is 0.313 e. The first kappa shape index (κ1) is 10.2. The van der Waals surface area contributed by atoms with Gasteiger partial charge in [-0.25, -0.2) is 9.67 Å². The third-order valence-electron chi connectivity index (χ3n) is 2.05. The zero-order chi connectivity index (χ0) is 9.68. The first-order valence-electron chi connectivity index (χ1n) is 4.82. The summed E-state index contributed by atoms with van der Waals surface area (Å²) in [7, 11) is 1.90. The summed E-state index contributed by atoms with van der Waals surface area (Å²) in [4.78, 5) is 4.20. The van der Waals surface area contributed by atoms with Crippen LogP contribution in [0, 0.1) is 0 Å². The summed E-state index contributed by atoms with van der Waals surface area (Å²) < 4.78 is 1.94. The summed E-state index contributed by atoms with van der Waals surface area (Å²) in [6.45, 7) is 5.09. The number of rotatable bonds is 5. The van der Waals surface area contributed by atoms with E-state index in [-0.39, 0.29) is 0 Å². The van der Waals surface area contributed by atoms with Gasteiger partial charge in [0.05, 0.1) is 12.6 Å². The molecule has 0 saturated heterocycles. The molecule has 1 unspecified atom stereocenters. The Hall–Kier alpha value is -0.900. The first-order valence-corrected chi connectivity index (χ1v) is 4.82. The molecule has 0 aliphatic rings. The first-order chi connectivity index (χ1) is 6.27. The van der Waals surface area contributed by atoms with Crippen LogP contribution >= 0.6 is 0 Å². The monoisotopic (exact) mass is 182 g/mol. The lowest BCUT2D eigenvalue weighted by atomic mass is 10.2.